The van der Waals surface area contributed by atoms with E-state index < -0.39 is 98.2 Å². The lowest BCUT2D eigenvalue weighted by Gasteiger charge is -2.44. The third kappa shape index (κ3) is 9.55. The van der Waals surface area contributed by atoms with Gasteiger partial charge in [-0.2, -0.15) is 74.6 Å². The van der Waals surface area contributed by atoms with Gasteiger partial charge in [0.15, 0.2) is 8.32 Å². The van der Waals surface area contributed by atoms with E-state index in [0.717, 1.165) is 0 Å². The Morgan fingerprint density at radius 2 is 1.11 bits per heavy atom. The fourth-order valence-electron chi connectivity index (χ4n) is 5.51. The van der Waals surface area contributed by atoms with Crippen LogP contribution in [0.2, 0.25) is 17.1 Å². The lowest BCUT2D eigenvalue weighted by Crippen LogP contribution is -2.74. The van der Waals surface area contributed by atoms with Crippen molar-refractivity contribution in [2.45, 2.75) is 132 Å². The molecule has 0 aliphatic heterocycles. The molecule has 0 aliphatic carbocycles. The van der Waals surface area contributed by atoms with E-state index in [1.54, 1.807) is 13.8 Å². The van der Waals surface area contributed by atoms with Crippen molar-refractivity contribution in [2.75, 3.05) is 19.8 Å². The van der Waals surface area contributed by atoms with Crippen molar-refractivity contribution in [3.05, 3.63) is 41.0 Å². The molecule has 0 radical (unpaired) electrons. The van der Waals surface area contributed by atoms with E-state index >= 15 is 0 Å². The first-order valence-electron chi connectivity index (χ1n) is 16.6. The molecular formula is C33H41F17O5Si. The molecular weight excluding hydrogens is 827 g/mol. The van der Waals surface area contributed by atoms with E-state index in [-0.39, 0.29) is 25.4 Å². The Morgan fingerprint density at radius 3 is 1.52 bits per heavy atom. The summed E-state index contributed by atoms with van der Waals surface area (Å²) in [6, 6.07) is 4.40. The van der Waals surface area contributed by atoms with Gasteiger partial charge in [-0.05, 0) is 62.0 Å². The van der Waals surface area contributed by atoms with Crippen LogP contribution in [0.3, 0.4) is 0 Å². The van der Waals surface area contributed by atoms with Gasteiger partial charge in [0.05, 0.1) is 19.3 Å². The van der Waals surface area contributed by atoms with Crippen LogP contribution in [0, 0.1) is 0 Å². The first-order chi connectivity index (χ1) is 25.0. The zero-order valence-corrected chi connectivity index (χ0v) is 31.8. The molecule has 56 heavy (non-hydrogen) atoms. The van der Waals surface area contributed by atoms with Gasteiger partial charge in [0.1, 0.15) is 12.4 Å². The van der Waals surface area contributed by atoms with Crippen LogP contribution < -0.4 is 4.74 Å². The Balaban J connectivity index is 3.22. The highest BCUT2D eigenvalue weighted by Gasteiger charge is 2.95. The van der Waals surface area contributed by atoms with Crippen molar-refractivity contribution in [3.8, 4) is 5.75 Å². The molecule has 0 unspecified atom stereocenters. The molecule has 0 bridgehead atoms. The maximum atomic E-state index is 14.8. The molecule has 0 amide bonds. The van der Waals surface area contributed by atoms with Crippen molar-refractivity contribution in [2.24, 2.45) is 0 Å². The first kappa shape index (κ1) is 51.2. The number of aliphatic hydroxyl groups excluding tert-OH is 1. The maximum Gasteiger partial charge on any atom is 0.460 e. The van der Waals surface area contributed by atoms with E-state index in [4.69, 9.17) is 13.9 Å². The topological polar surface area (TPSA) is 65.0 Å². The van der Waals surface area contributed by atoms with Gasteiger partial charge in [0.2, 0.25) is 0 Å². The molecule has 1 rings (SSSR count). The summed E-state index contributed by atoms with van der Waals surface area (Å²) in [6.45, 7) is 9.34. The first-order valence-corrected chi connectivity index (χ1v) is 18.8. The Morgan fingerprint density at radius 1 is 0.679 bits per heavy atom. The molecule has 1 N–H and O–H groups in total. The number of alkyl halides is 17. The summed E-state index contributed by atoms with van der Waals surface area (Å²) in [6.07, 6.45) is -11.4. The number of carbonyl (C=O) groups excluding carboxylic acids is 1. The summed E-state index contributed by atoms with van der Waals surface area (Å²) in [5.41, 5.74) is -0.467. The van der Waals surface area contributed by atoms with Gasteiger partial charge in [0.25, 0.3) is 0 Å². The maximum absolute atomic E-state index is 14.8. The Labute approximate surface area is 311 Å². The summed E-state index contributed by atoms with van der Waals surface area (Å²) in [5.74, 6) is -57.1. The zero-order chi connectivity index (χ0) is 44.3. The molecule has 0 spiro atoms. The number of carbonyl (C=O) groups is 1. The summed E-state index contributed by atoms with van der Waals surface area (Å²) in [5, 5.41) is 10.6. The lowest BCUT2D eigenvalue weighted by molar-refractivity contribution is -0.461. The van der Waals surface area contributed by atoms with Crippen LogP contribution in [0.15, 0.2) is 35.4 Å². The van der Waals surface area contributed by atoms with Crippen molar-refractivity contribution in [1.82, 2.24) is 0 Å². The van der Waals surface area contributed by atoms with E-state index in [9.17, 15) is 84.5 Å². The molecule has 0 saturated heterocycles. The van der Waals surface area contributed by atoms with Crippen molar-refractivity contribution < 1.29 is 98.4 Å². The van der Waals surface area contributed by atoms with Crippen LogP contribution in [0.5, 0.6) is 5.75 Å². The Kier molecular flexibility index (Phi) is 16.1. The van der Waals surface area contributed by atoms with Crippen LogP contribution >= 0.6 is 0 Å². The highest BCUT2D eigenvalue weighted by Crippen LogP contribution is 2.64. The number of benzene rings is 1. The second-order valence-corrected chi connectivity index (χ2v) is 18.5. The fraction of sp³-hybridized carbons (Fsp3) is 0.727. The molecule has 1 aromatic carbocycles. The second kappa shape index (κ2) is 17.6. The summed E-state index contributed by atoms with van der Waals surface area (Å²) >= 11 is 0. The highest BCUT2D eigenvalue weighted by atomic mass is 28.4. The average molecular weight is 869 g/mol. The number of rotatable bonds is 21. The normalized spacial score (nSPS) is 15.6. The number of ether oxygens (including phenoxy) is 2. The van der Waals surface area contributed by atoms with Crippen molar-refractivity contribution >= 4 is 14.3 Å². The fourth-order valence-corrected chi connectivity index (χ4v) is 9.97. The summed E-state index contributed by atoms with van der Waals surface area (Å²) in [7, 11) is -3.95. The van der Waals surface area contributed by atoms with Crippen LogP contribution in [0.4, 0.5) is 74.6 Å². The zero-order valence-electron chi connectivity index (χ0n) is 30.8. The molecule has 0 aromatic heterocycles. The Hall–Kier alpha value is -2.82. The van der Waals surface area contributed by atoms with Crippen molar-refractivity contribution in [3.63, 3.8) is 0 Å². The molecule has 23 heteroatoms. The van der Waals surface area contributed by atoms with Gasteiger partial charge in [-0.25, -0.2) is 4.79 Å². The molecule has 5 nitrogen and oxygen atoms in total. The molecule has 0 aliphatic rings. The van der Waals surface area contributed by atoms with Crippen LogP contribution in [0.25, 0.3) is 0 Å². The molecule has 326 valence electrons. The minimum Gasteiger partial charge on any atom is -0.491 e. The van der Waals surface area contributed by atoms with Crippen LogP contribution in [-0.2, 0) is 14.0 Å². The summed E-state index contributed by atoms with van der Waals surface area (Å²) < 4.78 is 250. The molecule has 0 saturated carbocycles. The third-order valence-electron chi connectivity index (χ3n) is 9.28. The standard InChI is InChI=1S/C33H41F17O5Si/c1-8-53-25(52)21(7)20(6)17-24(51)22-9-11-23(12-10-22)54-14-15-55-56(18(2)3,19(4)5)16-13-26(34,35)27(36,37)28(38,39)29(40,41)30(42,43)31(44,45)32(46,47)33(48,49)50/h9-12,18-19,24,51H,8,13-17H2,1-7H3/b21-20+/t24-/m1/s1. The highest BCUT2D eigenvalue weighted by molar-refractivity contribution is 6.76. The van der Waals surface area contributed by atoms with Gasteiger partial charge in [-0.15, -0.1) is 0 Å². The molecule has 0 fully saturated rings. The second-order valence-electron chi connectivity index (χ2n) is 13.5. The van der Waals surface area contributed by atoms with Crippen molar-refractivity contribution in [1.29, 1.82) is 0 Å². The Bertz CT molecular complexity index is 1490. The quantitative estimate of drug-likeness (QED) is 0.0438. The van der Waals surface area contributed by atoms with Gasteiger partial charge in [-0.1, -0.05) is 45.4 Å². The van der Waals surface area contributed by atoms with Crippen LogP contribution in [-0.4, -0.2) is 86.8 Å². The molecule has 1 aromatic rings. The number of hydrogen-bond acceptors (Lipinski definition) is 5. The van der Waals surface area contributed by atoms with Gasteiger partial charge < -0.3 is 19.0 Å². The minimum atomic E-state index is -8.68. The van der Waals surface area contributed by atoms with E-state index in [0.29, 0.717) is 16.7 Å². The summed E-state index contributed by atoms with van der Waals surface area (Å²) in [4.78, 5) is 11.9. The van der Waals surface area contributed by atoms with E-state index in [1.165, 1.54) is 58.9 Å². The predicted molar refractivity (Wildman–Crippen MR) is 169 cm³/mol. The monoisotopic (exact) mass is 868 g/mol. The minimum absolute atomic E-state index is 0.0597. The van der Waals surface area contributed by atoms with Crippen LogP contribution in [0.1, 0.15) is 73.0 Å². The molecule has 1 atom stereocenters. The van der Waals surface area contributed by atoms with E-state index in [2.05, 4.69) is 0 Å². The number of aliphatic hydroxyl groups is 1. The van der Waals surface area contributed by atoms with Gasteiger partial charge >= 0.3 is 53.6 Å². The number of halogens is 17. The average Bonchev–Trinajstić information content (AvgIpc) is 3.06. The number of hydrogen-bond donors (Lipinski definition) is 1. The predicted octanol–water partition coefficient (Wildman–Crippen LogP) is 11.6. The number of esters is 1. The largest absolute Gasteiger partial charge is 0.491 e. The van der Waals surface area contributed by atoms with Gasteiger partial charge in [-0.3, -0.25) is 0 Å². The molecule has 0 heterocycles. The smallest absolute Gasteiger partial charge is 0.460 e. The lowest BCUT2D eigenvalue weighted by atomic mass is 9.88. The van der Waals surface area contributed by atoms with E-state index in [1.807, 2.05) is 0 Å². The third-order valence-corrected chi connectivity index (χ3v) is 15.0. The SMILES string of the molecule is CCOC(=O)/C(C)=C(\C)C[C@@H](O)c1ccc(OCCO[Si](CCC(F)(F)C(F)(F)C(F)(F)C(F)(F)C(F)(F)C(F)(F)C(F)(F)C(F)(F)F)(C(C)C)C(C)C)cc1. The van der Waals surface area contributed by atoms with Gasteiger partial charge in [0, 0.05) is 12.0 Å².